The SMILES string of the molecule is O=C(Nc1ccccc1F)c1n[nH]c2ccc([N+](=O)[O-])cc12. The Hall–Kier alpha value is -3.29. The molecule has 0 unspecified atom stereocenters. The minimum absolute atomic E-state index is 0.00841. The van der Waals surface area contributed by atoms with Gasteiger partial charge in [0.05, 0.1) is 16.1 Å². The van der Waals surface area contributed by atoms with Crippen molar-refractivity contribution in [3.8, 4) is 0 Å². The molecule has 1 heterocycles. The second kappa shape index (κ2) is 5.24. The summed E-state index contributed by atoms with van der Waals surface area (Å²) in [7, 11) is 0. The van der Waals surface area contributed by atoms with Gasteiger partial charge in [-0.25, -0.2) is 4.39 Å². The number of hydrogen-bond acceptors (Lipinski definition) is 4. The second-order valence-electron chi connectivity index (χ2n) is 4.49. The first-order valence-corrected chi connectivity index (χ1v) is 6.24. The third-order valence-electron chi connectivity index (χ3n) is 3.09. The maximum Gasteiger partial charge on any atom is 0.276 e. The molecule has 1 aromatic heterocycles. The summed E-state index contributed by atoms with van der Waals surface area (Å²) in [5.41, 5.74) is 0.286. The number of carbonyl (C=O) groups is 1. The van der Waals surface area contributed by atoms with Gasteiger partial charge in [0.2, 0.25) is 0 Å². The number of nitro benzene ring substituents is 1. The molecule has 3 rings (SSSR count). The highest BCUT2D eigenvalue weighted by molar-refractivity contribution is 6.11. The Balaban J connectivity index is 1.99. The number of nitrogens with zero attached hydrogens (tertiary/aromatic N) is 2. The lowest BCUT2D eigenvalue weighted by atomic mass is 10.2. The third kappa shape index (κ3) is 2.37. The molecule has 7 nitrogen and oxygen atoms in total. The molecule has 0 bridgehead atoms. The molecule has 0 saturated heterocycles. The van der Waals surface area contributed by atoms with Gasteiger partial charge in [0, 0.05) is 17.5 Å². The number of nitro groups is 1. The van der Waals surface area contributed by atoms with E-state index in [1.165, 1.54) is 36.4 Å². The van der Waals surface area contributed by atoms with E-state index in [0.717, 1.165) is 0 Å². The van der Waals surface area contributed by atoms with Crippen LogP contribution in [0.25, 0.3) is 10.9 Å². The van der Waals surface area contributed by atoms with Gasteiger partial charge in [-0.2, -0.15) is 5.10 Å². The van der Waals surface area contributed by atoms with Crippen molar-refractivity contribution in [3.63, 3.8) is 0 Å². The van der Waals surface area contributed by atoms with Crippen LogP contribution in [0.4, 0.5) is 15.8 Å². The van der Waals surface area contributed by atoms with Crippen LogP contribution in [0.15, 0.2) is 42.5 Å². The smallest absolute Gasteiger partial charge is 0.276 e. The molecule has 0 radical (unpaired) electrons. The Kier molecular flexibility index (Phi) is 3.26. The first-order chi connectivity index (χ1) is 10.6. The molecule has 2 N–H and O–H groups in total. The van der Waals surface area contributed by atoms with Crippen molar-refractivity contribution in [2.75, 3.05) is 5.32 Å². The Morgan fingerprint density at radius 1 is 1.27 bits per heavy atom. The number of non-ortho nitro benzene ring substituents is 1. The predicted molar refractivity (Wildman–Crippen MR) is 77.1 cm³/mol. The Morgan fingerprint density at radius 3 is 2.77 bits per heavy atom. The Morgan fingerprint density at radius 2 is 2.05 bits per heavy atom. The van der Waals surface area contributed by atoms with Crippen LogP contribution in [0.5, 0.6) is 0 Å². The highest BCUT2D eigenvalue weighted by Crippen LogP contribution is 2.23. The summed E-state index contributed by atoms with van der Waals surface area (Å²) in [5.74, 6) is -1.24. The van der Waals surface area contributed by atoms with Crippen molar-refractivity contribution in [2.45, 2.75) is 0 Å². The van der Waals surface area contributed by atoms with E-state index in [0.29, 0.717) is 10.9 Å². The first kappa shape index (κ1) is 13.7. The minimum atomic E-state index is -0.656. The van der Waals surface area contributed by atoms with Gasteiger partial charge in [-0.3, -0.25) is 20.0 Å². The van der Waals surface area contributed by atoms with Gasteiger partial charge >= 0.3 is 0 Å². The topological polar surface area (TPSA) is 101 Å². The molecular formula is C14H9FN4O3. The number of halogens is 1. The highest BCUT2D eigenvalue weighted by atomic mass is 19.1. The van der Waals surface area contributed by atoms with Crippen LogP contribution in [0.1, 0.15) is 10.5 Å². The van der Waals surface area contributed by atoms with Crippen LogP contribution >= 0.6 is 0 Å². The van der Waals surface area contributed by atoms with E-state index >= 15 is 0 Å². The molecule has 8 heteroatoms. The number of para-hydroxylation sites is 1. The largest absolute Gasteiger partial charge is 0.318 e. The quantitative estimate of drug-likeness (QED) is 0.573. The zero-order chi connectivity index (χ0) is 15.7. The summed E-state index contributed by atoms with van der Waals surface area (Å²) in [4.78, 5) is 22.4. The summed E-state index contributed by atoms with van der Waals surface area (Å²) in [6, 6.07) is 9.70. The highest BCUT2D eigenvalue weighted by Gasteiger charge is 2.18. The average Bonchev–Trinajstić information content (AvgIpc) is 2.92. The summed E-state index contributed by atoms with van der Waals surface area (Å²) in [6.45, 7) is 0. The van der Waals surface area contributed by atoms with Crippen LogP contribution < -0.4 is 5.32 Å². The number of carbonyl (C=O) groups excluding carboxylic acids is 1. The number of amides is 1. The van der Waals surface area contributed by atoms with Crippen molar-refractivity contribution < 1.29 is 14.1 Å². The summed E-state index contributed by atoms with van der Waals surface area (Å²) in [5, 5.41) is 19.9. The predicted octanol–water partition coefficient (Wildman–Crippen LogP) is 2.86. The van der Waals surface area contributed by atoms with Gasteiger partial charge in [0.25, 0.3) is 11.6 Å². The fraction of sp³-hybridized carbons (Fsp3) is 0. The lowest BCUT2D eigenvalue weighted by Gasteiger charge is -2.04. The molecule has 0 aliphatic carbocycles. The van der Waals surface area contributed by atoms with Crippen LogP contribution in [-0.4, -0.2) is 21.0 Å². The lowest BCUT2D eigenvalue weighted by Crippen LogP contribution is -2.13. The van der Waals surface area contributed by atoms with Gasteiger partial charge in [-0.05, 0) is 18.2 Å². The van der Waals surface area contributed by atoms with Crippen molar-refractivity contribution in [1.29, 1.82) is 0 Å². The number of anilines is 1. The van der Waals surface area contributed by atoms with Crippen molar-refractivity contribution in [2.24, 2.45) is 0 Å². The molecule has 3 aromatic rings. The van der Waals surface area contributed by atoms with E-state index in [-0.39, 0.29) is 17.1 Å². The average molecular weight is 300 g/mol. The van der Waals surface area contributed by atoms with E-state index in [1.807, 2.05) is 0 Å². The van der Waals surface area contributed by atoms with Crippen molar-refractivity contribution in [3.05, 3.63) is 64.1 Å². The van der Waals surface area contributed by atoms with Gasteiger partial charge in [0.15, 0.2) is 5.69 Å². The fourth-order valence-electron chi connectivity index (χ4n) is 2.03. The number of benzene rings is 2. The molecule has 0 fully saturated rings. The third-order valence-corrected chi connectivity index (χ3v) is 3.09. The van der Waals surface area contributed by atoms with Crippen molar-refractivity contribution in [1.82, 2.24) is 10.2 Å². The second-order valence-corrected chi connectivity index (χ2v) is 4.49. The van der Waals surface area contributed by atoms with Crippen LogP contribution in [-0.2, 0) is 0 Å². The molecule has 22 heavy (non-hydrogen) atoms. The van der Waals surface area contributed by atoms with E-state index in [9.17, 15) is 19.3 Å². The summed E-state index contributed by atoms with van der Waals surface area (Å²) in [6.07, 6.45) is 0. The van der Waals surface area contributed by atoms with E-state index in [1.54, 1.807) is 6.07 Å². The molecule has 0 aliphatic heterocycles. The van der Waals surface area contributed by atoms with E-state index < -0.39 is 16.6 Å². The maximum absolute atomic E-state index is 13.5. The fourth-order valence-corrected chi connectivity index (χ4v) is 2.03. The van der Waals surface area contributed by atoms with Gasteiger partial charge in [-0.15, -0.1) is 0 Å². The summed E-state index contributed by atoms with van der Waals surface area (Å²) < 4.78 is 13.5. The van der Waals surface area contributed by atoms with Crippen LogP contribution in [0, 0.1) is 15.9 Å². The maximum atomic E-state index is 13.5. The Labute approximate surface area is 122 Å². The van der Waals surface area contributed by atoms with Crippen LogP contribution in [0.3, 0.4) is 0 Å². The van der Waals surface area contributed by atoms with Crippen molar-refractivity contribution >= 4 is 28.2 Å². The van der Waals surface area contributed by atoms with E-state index in [2.05, 4.69) is 15.5 Å². The first-order valence-electron chi connectivity index (χ1n) is 6.24. The molecular weight excluding hydrogens is 291 g/mol. The molecule has 1 amide bonds. The van der Waals surface area contributed by atoms with E-state index in [4.69, 9.17) is 0 Å². The van der Waals surface area contributed by atoms with Gasteiger partial charge in [-0.1, -0.05) is 12.1 Å². The minimum Gasteiger partial charge on any atom is -0.318 e. The molecule has 2 aromatic carbocycles. The molecule has 0 atom stereocenters. The van der Waals surface area contributed by atoms with Gasteiger partial charge < -0.3 is 5.32 Å². The number of hydrogen-bond donors (Lipinski definition) is 2. The molecule has 0 spiro atoms. The zero-order valence-corrected chi connectivity index (χ0v) is 11.0. The molecule has 110 valence electrons. The summed E-state index contributed by atoms with van der Waals surface area (Å²) >= 11 is 0. The molecule has 0 saturated carbocycles. The lowest BCUT2D eigenvalue weighted by molar-refractivity contribution is -0.384. The van der Waals surface area contributed by atoms with Crippen LogP contribution in [0.2, 0.25) is 0 Å². The number of fused-ring (bicyclic) bond motifs is 1. The van der Waals surface area contributed by atoms with Gasteiger partial charge in [0.1, 0.15) is 5.82 Å². The monoisotopic (exact) mass is 300 g/mol. The normalized spacial score (nSPS) is 10.6. The molecule has 0 aliphatic rings. The number of nitrogens with one attached hydrogen (secondary N) is 2. The number of aromatic amines is 1. The number of rotatable bonds is 3. The number of H-pyrrole nitrogens is 1. The standard InChI is InChI=1S/C14H9FN4O3/c15-10-3-1-2-4-12(10)16-14(20)13-9-7-8(19(21)22)5-6-11(9)17-18-13/h1-7H,(H,16,20)(H,17,18). The Bertz CT molecular complexity index is 891. The zero-order valence-electron chi connectivity index (χ0n) is 11.0. The number of aromatic nitrogens is 2.